The van der Waals surface area contributed by atoms with Crippen LogP contribution in [0.4, 0.5) is 9.18 Å². The number of halogens is 1. The highest BCUT2D eigenvalue weighted by atomic mass is 19.1. The molecule has 2 amide bonds. The number of rotatable bonds is 5. The maximum Gasteiger partial charge on any atom is 0.318 e. The van der Waals surface area contributed by atoms with E-state index in [9.17, 15) is 9.18 Å². The van der Waals surface area contributed by atoms with Gasteiger partial charge in [-0.25, -0.2) is 9.18 Å². The van der Waals surface area contributed by atoms with E-state index < -0.39 is 6.03 Å². The third-order valence-electron chi connectivity index (χ3n) is 4.85. The summed E-state index contributed by atoms with van der Waals surface area (Å²) in [6.45, 7) is 3.62. The van der Waals surface area contributed by atoms with Crippen LogP contribution in [0, 0.1) is 5.82 Å². The molecule has 1 saturated heterocycles. The molecule has 1 aliphatic heterocycles. The van der Waals surface area contributed by atoms with Crippen LogP contribution in [0.25, 0.3) is 11.0 Å². The molecule has 1 aromatic heterocycles. The third-order valence-corrected chi connectivity index (χ3v) is 4.85. The maximum absolute atomic E-state index is 13.3. The quantitative estimate of drug-likeness (QED) is 0.419. The van der Waals surface area contributed by atoms with Crippen molar-refractivity contribution in [1.82, 2.24) is 20.7 Å². The fourth-order valence-corrected chi connectivity index (χ4v) is 3.46. The summed E-state index contributed by atoms with van der Waals surface area (Å²) < 4.78 is 18.6. The number of urea groups is 1. The van der Waals surface area contributed by atoms with Crippen LogP contribution in [-0.4, -0.2) is 55.3 Å². The van der Waals surface area contributed by atoms with Crippen LogP contribution in [-0.2, 0) is 0 Å². The number of piperidine rings is 1. The van der Waals surface area contributed by atoms with Crippen molar-refractivity contribution in [3.05, 3.63) is 29.7 Å². The predicted molar refractivity (Wildman–Crippen MR) is 101 cm³/mol. The molecule has 0 aliphatic carbocycles. The van der Waals surface area contributed by atoms with E-state index in [1.54, 1.807) is 13.1 Å². The highest BCUT2D eigenvalue weighted by molar-refractivity contribution is 5.95. The maximum atomic E-state index is 13.3. The number of fused-ring (bicyclic) bond motifs is 1. The van der Waals surface area contributed by atoms with Gasteiger partial charge in [0.15, 0.2) is 11.5 Å². The summed E-state index contributed by atoms with van der Waals surface area (Å²) in [6, 6.07) is 3.95. The number of nitrogens with two attached hydrogens (primary N) is 1. The molecule has 0 atom stereocenters. The van der Waals surface area contributed by atoms with Gasteiger partial charge in [-0.2, -0.15) is 0 Å². The molecule has 0 saturated carbocycles. The van der Waals surface area contributed by atoms with Crippen molar-refractivity contribution >= 4 is 23.0 Å². The zero-order valence-corrected chi connectivity index (χ0v) is 15.4. The number of hydrogen-bond acceptors (Lipinski definition) is 5. The highest BCUT2D eigenvalue weighted by Gasteiger charge is 2.24. The first-order valence-electron chi connectivity index (χ1n) is 9.11. The summed E-state index contributed by atoms with van der Waals surface area (Å²) in [7, 11) is 1.59. The fraction of sp³-hybridized carbons (Fsp3) is 0.500. The van der Waals surface area contributed by atoms with Gasteiger partial charge >= 0.3 is 6.03 Å². The van der Waals surface area contributed by atoms with Gasteiger partial charge < -0.3 is 20.5 Å². The summed E-state index contributed by atoms with van der Waals surface area (Å²) >= 11 is 0. The second-order valence-corrected chi connectivity index (χ2v) is 6.67. The molecule has 0 bridgehead atoms. The number of primary amides is 1. The number of likely N-dealkylation sites (tertiary alicyclic amines) is 1. The van der Waals surface area contributed by atoms with Gasteiger partial charge in [0.2, 0.25) is 0 Å². The van der Waals surface area contributed by atoms with Gasteiger partial charge in [0, 0.05) is 31.0 Å². The lowest BCUT2D eigenvalue weighted by molar-refractivity contribution is 0.207. The van der Waals surface area contributed by atoms with Crippen LogP contribution in [0.5, 0.6) is 0 Å². The Morgan fingerprint density at radius 1 is 1.44 bits per heavy atom. The van der Waals surface area contributed by atoms with E-state index in [1.165, 1.54) is 12.1 Å². The van der Waals surface area contributed by atoms with Gasteiger partial charge in [-0.05, 0) is 51.0 Å². The number of guanidine groups is 1. The zero-order valence-electron chi connectivity index (χ0n) is 15.4. The Morgan fingerprint density at radius 2 is 2.22 bits per heavy atom. The van der Waals surface area contributed by atoms with Gasteiger partial charge in [-0.1, -0.05) is 5.16 Å². The Hall–Kier alpha value is -2.68. The van der Waals surface area contributed by atoms with Gasteiger partial charge in [0.05, 0.1) is 5.69 Å². The van der Waals surface area contributed by atoms with Crippen LogP contribution >= 0.6 is 0 Å². The van der Waals surface area contributed by atoms with Crippen molar-refractivity contribution in [2.24, 2.45) is 10.7 Å². The Labute approximate surface area is 157 Å². The smallest absolute Gasteiger partial charge is 0.318 e. The molecule has 1 fully saturated rings. The molecule has 0 radical (unpaired) electrons. The van der Waals surface area contributed by atoms with E-state index in [2.05, 4.69) is 25.7 Å². The standard InChI is InChI=1S/C18H25FN6O2/c1-21-18(23-17(20)26)22-7-2-8-25-9-5-12(6-10-25)16-14-4-3-13(19)11-15(14)27-24-16/h3-4,11-12H,2,5-10H2,1H3,(H4,20,21,22,23,26). The first-order chi connectivity index (χ1) is 13.1. The molecule has 1 aliphatic rings. The van der Waals surface area contributed by atoms with E-state index in [0.29, 0.717) is 24.0 Å². The van der Waals surface area contributed by atoms with Crippen LogP contribution in [0.3, 0.4) is 0 Å². The van der Waals surface area contributed by atoms with Crippen molar-refractivity contribution in [3.8, 4) is 0 Å². The average molecular weight is 376 g/mol. The summed E-state index contributed by atoms with van der Waals surface area (Å²) in [5.74, 6) is 0.413. The van der Waals surface area contributed by atoms with E-state index >= 15 is 0 Å². The van der Waals surface area contributed by atoms with Crippen LogP contribution < -0.4 is 16.4 Å². The summed E-state index contributed by atoms with van der Waals surface area (Å²) in [5.41, 5.74) is 6.52. The topological polar surface area (TPSA) is 109 Å². The van der Waals surface area contributed by atoms with Crippen molar-refractivity contribution in [2.75, 3.05) is 33.2 Å². The second kappa shape index (κ2) is 8.81. The Balaban J connectivity index is 1.43. The number of carbonyl (C=O) groups excluding carboxylic acids is 1. The predicted octanol–water partition coefficient (Wildman–Crippen LogP) is 1.78. The third kappa shape index (κ3) is 4.94. The van der Waals surface area contributed by atoms with Crippen molar-refractivity contribution in [1.29, 1.82) is 0 Å². The Kier molecular flexibility index (Phi) is 6.23. The number of aromatic nitrogens is 1. The molecule has 146 valence electrons. The number of amides is 2. The van der Waals surface area contributed by atoms with E-state index in [4.69, 9.17) is 10.3 Å². The van der Waals surface area contributed by atoms with Gasteiger partial charge in [-0.15, -0.1) is 0 Å². The molecular weight excluding hydrogens is 351 g/mol. The fourth-order valence-electron chi connectivity index (χ4n) is 3.46. The van der Waals surface area contributed by atoms with Crippen LogP contribution in [0.2, 0.25) is 0 Å². The molecule has 9 heteroatoms. The SMILES string of the molecule is CN=C(NCCCN1CCC(c2noc3cc(F)ccc23)CC1)NC(N)=O. The molecule has 0 spiro atoms. The van der Waals surface area contributed by atoms with Crippen molar-refractivity contribution < 1.29 is 13.7 Å². The largest absolute Gasteiger partial charge is 0.356 e. The van der Waals surface area contributed by atoms with Crippen molar-refractivity contribution in [2.45, 2.75) is 25.2 Å². The molecule has 0 unspecified atom stereocenters. The number of nitrogens with one attached hydrogen (secondary N) is 2. The van der Waals surface area contributed by atoms with Crippen LogP contribution in [0.15, 0.2) is 27.7 Å². The molecule has 3 rings (SSSR count). The molecule has 1 aromatic carbocycles. The number of hydrogen-bond donors (Lipinski definition) is 3. The summed E-state index contributed by atoms with van der Waals surface area (Å²) in [6.07, 6.45) is 2.92. The Morgan fingerprint density at radius 3 is 2.93 bits per heavy atom. The summed E-state index contributed by atoms with van der Waals surface area (Å²) in [5, 5.41) is 10.6. The molecule has 27 heavy (non-hydrogen) atoms. The van der Waals surface area contributed by atoms with Crippen LogP contribution in [0.1, 0.15) is 30.9 Å². The first kappa shape index (κ1) is 19.1. The minimum Gasteiger partial charge on any atom is -0.356 e. The number of carbonyl (C=O) groups is 1. The van der Waals surface area contributed by atoms with Crippen molar-refractivity contribution in [3.63, 3.8) is 0 Å². The van der Waals surface area contributed by atoms with E-state index in [0.717, 1.165) is 50.0 Å². The summed E-state index contributed by atoms with van der Waals surface area (Å²) in [4.78, 5) is 17.2. The minimum absolute atomic E-state index is 0.309. The second-order valence-electron chi connectivity index (χ2n) is 6.67. The number of benzene rings is 1. The molecule has 2 heterocycles. The highest BCUT2D eigenvalue weighted by Crippen LogP contribution is 2.32. The minimum atomic E-state index is -0.631. The molecule has 2 aromatic rings. The normalized spacial score (nSPS) is 16.6. The monoisotopic (exact) mass is 376 g/mol. The first-order valence-corrected chi connectivity index (χ1v) is 9.11. The lowest BCUT2D eigenvalue weighted by Gasteiger charge is -2.31. The molecule has 8 nitrogen and oxygen atoms in total. The zero-order chi connectivity index (χ0) is 19.2. The molecular formula is C18H25FN6O2. The lowest BCUT2D eigenvalue weighted by atomic mass is 9.91. The van der Waals surface area contributed by atoms with E-state index in [1.807, 2.05) is 0 Å². The lowest BCUT2D eigenvalue weighted by Crippen LogP contribution is -2.44. The van der Waals surface area contributed by atoms with E-state index in [-0.39, 0.29) is 5.82 Å². The Bertz CT molecular complexity index is 813. The number of nitrogens with zero attached hydrogens (tertiary/aromatic N) is 3. The van der Waals surface area contributed by atoms with Gasteiger partial charge in [0.1, 0.15) is 5.82 Å². The van der Waals surface area contributed by atoms with Gasteiger partial charge in [0.25, 0.3) is 0 Å². The number of aliphatic imine (C=N–C) groups is 1. The average Bonchev–Trinajstić information content (AvgIpc) is 3.07. The van der Waals surface area contributed by atoms with Gasteiger partial charge in [-0.3, -0.25) is 10.3 Å². The molecule has 4 N–H and O–H groups in total.